The van der Waals surface area contributed by atoms with Crippen LogP contribution >= 0.6 is 0 Å². The summed E-state index contributed by atoms with van der Waals surface area (Å²) in [5, 5.41) is 0. The molecule has 0 radical (unpaired) electrons. The molecule has 0 aromatic rings. The van der Waals surface area contributed by atoms with E-state index in [4.69, 9.17) is 4.74 Å². The molecule has 1 atom stereocenters. The summed E-state index contributed by atoms with van der Waals surface area (Å²) in [6.45, 7) is 2.21. The number of cyclic esters (lactones) is 1. The third-order valence-electron chi connectivity index (χ3n) is 2.83. The van der Waals surface area contributed by atoms with E-state index < -0.39 is 0 Å². The van der Waals surface area contributed by atoms with Crippen LogP contribution in [0.2, 0.25) is 0 Å². The van der Waals surface area contributed by atoms with Crippen LogP contribution < -0.4 is 0 Å². The van der Waals surface area contributed by atoms with E-state index in [9.17, 15) is 4.79 Å². The Bertz CT molecular complexity index is 166. The Balaban J connectivity index is 2.12. The Kier molecular flexibility index (Phi) is 5.65. The van der Waals surface area contributed by atoms with E-state index >= 15 is 0 Å². The molecule has 1 fully saturated rings. The molecule has 1 aliphatic heterocycles. The van der Waals surface area contributed by atoms with Gasteiger partial charge in [-0.2, -0.15) is 0 Å². The van der Waals surface area contributed by atoms with Crippen LogP contribution in [0.1, 0.15) is 64.7 Å². The largest absolute Gasteiger partial charge is 0.462 e. The molecule has 0 spiro atoms. The number of ether oxygens (including phenoxy) is 1. The average Bonchev–Trinajstić information content (AvgIpc) is 2.38. The lowest BCUT2D eigenvalue weighted by atomic mass is 10.0. The Morgan fingerprint density at radius 1 is 1.29 bits per heavy atom. The fourth-order valence-corrected chi connectivity index (χ4v) is 1.95. The quantitative estimate of drug-likeness (QED) is 0.499. The number of hydrogen-bond acceptors (Lipinski definition) is 2. The molecule has 0 aliphatic carbocycles. The van der Waals surface area contributed by atoms with Crippen LogP contribution in [0.4, 0.5) is 0 Å². The summed E-state index contributed by atoms with van der Waals surface area (Å²) in [5.41, 5.74) is 0. The topological polar surface area (TPSA) is 26.3 Å². The van der Waals surface area contributed by atoms with Crippen molar-refractivity contribution in [3.63, 3.8) is 0 Å². The lowest BCUT2D eigenvalue weighted by Gasteiger charge is -2.14. The summed E-state index contributed by atoms with van der Waals surface area (Å²) in [6, 6.07) is 0. The summed E-state index contributed by atoms with van der Waals surface area (Å²) >= 11 is 0. The van der Waals surface area contributed by atoms with Crippen molar-refractivity contribution in [1.82, 2.24) is 0 Å². The molecule has 2 heteroatoms. The van der Waals surface area contributed by atoms with Crippen molar-refractivity contribution in [2.24, 2.45) is 0 Å². The number of hydrogen-bond donors (Lipinski definition) is 0. The summed E-state index contributed by atoms with van der Waals surface area (Å²) in [6.07, 6.45) is 10.3. The first kappa shape index (κ1) is 11.5. The van der Waals surface area contributed by atoms with E-state index in [1.54, 1.807) is 0 Å². The predicted octanol–water partition coefficient (Wildman–Crippen LogP) is 3.44. The van der Waals surface area contributed by atoms with Crippen molar-refractivity contribution in [3.8, 4) is 0 Å². The van der Waals surface area contributed by atoms with Crippen molar-refractivity contribution in [3.05, 3.63) is 0 Å². The first-order valence-electron chi connectivity index (χ1n) is 6.02. The number of rotatable bonds is 5. The zero-order chi connectivity index (χ0) is 10.2. The molecular formula is C12H22O2. The highest BCUT2D eigenvalue weighted by Crippen LogP contribution is 2.19. The lowest BCUT2D eigenvalue weighted by Crippen LogP contribution is -2.15. The average molecular weight is 198 g/mol. The van der Waals surface area contributed by atoms with Gasteiger partial charge in [0.05, 0.1) is 0 Å². The van der Waals surface area contributed by atoms with Gasteiger partial charge in [0, 0.05) is 6.42 Å². The van der Waals surface area contributed by atoms with Crippen LogP contribution in [0.25, 0.3) is 0 Å². The van der Waals surface area contributed by atoms with E-state index in [2.05, 4.69) is 6.92 Å². The summed E-state index contributed by atoms with van der Waals surface area (Å²) < 4.78 is 5.35. The van der Waals surface area contributed by atoms with Gasteiger partial charge in [-0.3, -0.25) is 4.79 Å². The van der Waals surface area contributed by atoms with Crippen molar-refractivity contribution < 1.29 is 9.53 Å². The fourth-order valence-electron chi connectivity index (χ4n) is 1.95. The van der Waals surface area contributed by atoms with E-state index in [-0.39, 0.29) is 12.1 Å². The van der Waals surface area contributed by atoms with Gasteiger partial charge in [-0.25, -0.2) is 0 Å². The maximum Gasteiger partial charge on any atom is 0.306 e. The van der Waals surface area contributed by atoms with E-state index in [0.29, 0.717) is 6.42 Å². The molecule has 0 amide bonds. The van der Waals surface area contributed by atoms with Gasteiger partial charge in [-0.15, -0.1) is 0 Å². The molecule has 0 bridgehead atoms. The van der Waals surface area contributed by atoms with Gasteiger partial charge in [-0.05, 0) is 32.1 Å². The first-order valence-corrected chi connectivity index (χ1v) is 6.02. The third-order valence-corrected chi connectivity index (χ3v) is 2.83. The van der Waals surface area contributed by atoms with Crippen LogP contribution in [0.15, 0.2) is 0 Å². The second kappa shape index (κ2) is 6.86. The van der Waals surface area contributed by atoms with E-state index in [1.807, 2.05) is 0 Å². The molecule has 2 nitrogen and oxygen atoms in total. The Labute approximate surface area is 87.0 Å². The number of carbonyl (C=O) groups is 1. The second-order valence-corrected chi connectivity index (χ2v) is 4.21. The SMILES string of the molecule is CCCCCC[C@H]1CCCCC(=O)O1. The molecule has 1 rings (SSSR count). The minimum absolute atomic E-state index is 0.0167. The Hall–Kier alpha value is -0.530. The molecule has 1 aliphatic rings. The lowest BCUT2D eigenvalue weighted by molar-refractivity contribution is -0.148. The van der Waals surface area contributed by atoms with Crippen LogP contribution in [-0.4, -0.2) is 12.1 Å². The normalized spacial score (nSPS) is 22.9. The molecule has 82 valence electrons. The Morgan fingerprint density at radius 2 is 2.14 bits per heavy atom. The maximum absolute atomic E-state index is 11.2. The van der Waals surface area contributed by atoms with Gasteiger partial charge in [-0.1, -0.05) is 26.2 Å². The highest BCUT2D eigenvalue weighted by Gasteiger charge is 2.17. The predicted molar refractivity (Wildman–Crippen MR) is 57.1 cm³/mol. The number of carbonyl (C=O) groups excluding carboxylic acids is 1. The maximum atomic E-state index is 11.2. The van der Waals surface area contributed by atoms with Crippen molar-refractivity contribution in [2.45, 2.75) is 70.8 Å². The molecule has 0 aromatic heterocycles. The van der Waals surface area contributed by atoms with Gasteiger partial charge < -0.3 is 4.74 Å². The van der Waals surface area contributed by atoms with Gasteiger partial charge >= 0.3 is 5.97 Å². The highest BCUT2D eigenvalue weighted by molar-refractivity contribution is 5.69. The van der Waals surface area contributed by atoms with Crippen molar-refractivity contribution in [1.29, 1.82) is 0 Å². The van der Waals surface area contributed by atoms with E-state index in [0.717, 1.165) is 25.7 Å². The number of esters is 1. The molecule has 1 heterocycles. The molecule has 0 unspecified atom stereocenters. The minimum atomic E-state index is 0.0167. The standard InChI is InChI=1S/C12H22O2/c1-2-3-4-5-8-11-9-6-7-10-12(13)14-11/h11H,2-10H2,1H3/t11-/m0/s1. The van der Waals surface area contributed by atoms with Crippen LogP contribution in [0.3, 0.4) is 0 Å². The first-order chi connectivity index (χ1) is 6.83. The Morgan fingerprint density at radius 3 is 2.93 bits per heavy atom. The summed E-state index contributed by atoms with van der Waals surface area (Å²) in [5.74, 6) is 0.0167. The van der Waals surface area contributed by atoms with Gasteiger partial charge in [0.1, 0.15) is 6.10 Å². The highest BCUT2D eigenvalue weighted by atomic mass is 16.5. The monoisotopic (exact) mass is 198 g/mol. The van der Waals surface area contributed by atoms with Gasteiger partial charge in [0.2, 0.25) is 0 Å². The number of unbranched alkanes of at least 4 members (excludes halogenated alkanes) is 3. The second-order valence-electron chi connectivity index (χ2n) is 4.21. The smallest absolute Gasteiger partial charge is 0.306 e. The van der Waals surface area contributed by atoms with E-state index in [1.165, 1.54) is 25.7 Å². The fraction of sp³-hybridized carbons (Fsp3) is 0.917. The van der Waals surface area contributed by atoms with Crippen LogP contribution in [0.5, 0.6) is 0 Å². The molecule has 1 saturated heterocycles. The molecular weight excluding hydrogens is 176 g/mol. The van der Waals surface area contributed by atoms with Gasteiger partial charge in [0.25, 0.3) is 0 Å². The third kappa shape index (κ3) is 4.64. The minimum Gasteiger partial charge on any atom is -0.462 e. The van der Waals surface area contributed by atoms with Crippen LogP contribution in [0, 0.1) is 0 Å². The van der Waals surface area contributed by atoms with Gasteiger partial charge in [0.15, 0.2) is 0 Å². The van der Waals surface area contributed by atoms with Crippen LogP contribution in [-0.2, 0) is 9.53 Å². The molecule has 0 N–H and O–H groups in total. The molecule has 0 aromatic carbocycles. The zero-order valence-electron chi connectivity index (χ0n) is 9.26. The summed E-state index contributed by atoms with van der Waals surface area (Å²) in [7, 11) is 0. The molecule has 14 heavy (non-hydrogen) atoms. The van der Waals surface area contributed by atoms with Crippen molar-refractivity contribution in [2.75, 3.05) is 0 Å². The van der Waals surface area contributed by atoms with Crippen molar-refractivity contribution >= 4 is 5.97 Å². The summed E-state index contributed by atoms with van der Waals surface area (Å²) in [4.78, 5) is 11.2. The molecule has 0 saturated carbocycles. The zero-order valence-corrected chi connectivity index (χ0v) is 9.26.